The van der Waals surface area contributed by atoms with Gasteiger partial charge in [-0.2, -0.15) is 0 Å². The Morgan fingerprint density at radius 1 is 1.06 bits per heavy atom. The third-order valence-electron chi connectivity index (χ3n) is 5.80. The Morgan fingerprint density at radius 3 is 2.49 bits per heavy atom. The number of fused-ring (bicyclic) bond motifs is 1. The molecule has 1 aliphatic rings. The first kappa shape index (κ1) is 24.3. The van der Waals surface area contributed by atoms with Crippen molar-refractivity contribution in [3.8, 4) is 5.75 Å². The van der Waals surface area contributed by atoms with Gasteiger partial charge >= 0.3 is 5.97 Å². The van der Waals surface area contributed by atoms with Gasteiger partial charge in [-0.15, -0.1) is 0 Å². The van der Waals surface area contributed by atoms with Gasteiger partial charge in [0.2, 0.25) is 0 Å². The van der Waals surface area contributed by atoms with Gasteiger partial charge in [-0.3, -0.25) is 9.52 Å². The van der Waals surface area contributed by atoms with Crippen LogP contribution in [0.3, 0.4) is 0 Å². The summed E-state index contributed by atoms with van der Waals surface area (Å²) in [6.45, 7) is 3.36. The first-order chi connectivity index (χ1) is 16.7. The SMILES string of the molecule is COc1ccc(C(=O)OCC(=O)N2c3ccccc3CC2C)cc1S(=O)(=O)Nc1ccc(C)cc1. The number of para-hydroxylation sites is 1. The predicted octanol–water partition coefficient (Wildman–Crippen LogP) is 3.94. The number of amides is 1. The van der Waals surface area contributed by atoms with Crippen LogP contribution in [0.4, 0.5) is 11.4 Å². The third kappa shape index (κ3) is 5.14. The topological polar surface area (TPSA) is 102 Å². The molecule has 1 aliphatic heterocycles. The standard InChI is InChI=1S/C26H26N2O6S/c1-17-8-11-21(12-9-17)27-35(31,32)24-15-20(10-13-23(24)33-3)26(30)34-16-25(29)28-18(2)14-19-6-4-5-7-22(19)28/h4-13,15,18,27H,14,16H2,1-3H3. The Morgan fingerprint density at radius 2 is 1.77 bits per heavy atom. The van der Waals surface area contributed by atoms with Crippen molar-refractivity contribution in [1.29, 1.82) is 0 Å². The number of benzene rings is 3. The Hall–Kier alpha value is -3.85. The molecule has 9 heteroatoms. The lowest BCUT2D eigenvalue weighted by Crippen LogP contribution is -2.38. The largest absolute Gasteiger partial charge is 0.495 e. The fourth-order valence-corrected chi connectivity index (χ4v) is 5.33. The van der Waals surface area contributed by atoms with Crippen molar-refractivity contribution in [3.05, 3.63) is 83.4 Å². The van der Waals surface area contributed by atoms with Crippen LogP contribution in [0.2, 0.25) is 0 Å². The second kappa shape index (κ2) is 9.79. The Labute approximate surface area is 204 Å². The molecule has 1 heterocycles. The van der Waals surface area contributed by atoms with Gasteiger partial charge in [0.25, 0.3) is 15.9 Å². The van der Waals surface area contributed by atoms with Crippen LogP contribution in [-0.4, -0.2) is 40.1 Å². The molecule has 0 bridgehead atoms. The van der Waals surface area contributed by atoms with Crippen molar-refractivity contribution in [2.75, 3.05) is 23.3 Å². The number of ether oxygens (including phenoxy) is 2. The number of nitrogens with zero attached hydrogens (tertiary/aromatic N) is 1. The number of hydrogen-bond acceptors (Lipinski definition) is 6. The molecule has 0 aliphatic carbocycles. The number of carbonyl (C=O) groups excluding carboxylic acids is 2. The Balaban J connectivity index is 1.50. The molecule has 182 valence electrons. The second-order valence-electron chi connectivity index (χ2n) is 8.36. The molecule has 4 rings (SSSR count). The van der Waals surface area contributed by atoms with Gasteiger partial charge in [0, 0.05) is 17.4 Å². The maximum Gasteiger partial charge on any atom is 0.338 e. The van der Waals surface area contributed by atoms with E-state index in [-0.39, 0.29) is 28.2 Å². The van der Waals surface area contributed by atoms with Crippen molar-refractivity contribution in [1.82, 2.24) is 0 Å². The Kier molecular flexibility index (Phi) is 6.79. The second-order valence-corrected chi connectivity index (χ2v) is 10.0. The third-order valence-corrected chi connectivity index (χ3v) is 7.20. The van der Waals surface area contributed by atoms with E-state index in [1.165, 1.54) is 25.3 Å². The van der Waals surface area contributed by atoms with Crippen LogP contribution in [0.15, 0.2) is 71.6 Å². The lowest BCUT2D eigenvalue weighted by Gasteiger charge is -2.22. The molecule has 0 saturated carbocycles. The first-order valence-electron chi connectivity index (χ1n) is 11.0. The number of hydrogen-bond donors (Lipinski definition) is 1. The highest BCUT2D eigenvalue weighted by atomic mass is 32.2. The van der Waals surface area contributed by atoms with Gasteiger partial charge in [-0.1, -0.05) is 35.9 Å². The van der Waals surface area contributed by atoms with E-state index in [0.717, 1.165) is 23.2 Å². The zero-order chi connectivity index (χ0) is 25.2. The van der Waals surface area contributed by atoms with E-state index in [0.29, 0.717) is 5.69 Å². The van der Waals surface area contributed by atoms with E-state index >= 15 is 0 Å². The molecule has 0 saturated heterocycles. The lowest BCUT2D eigenvalue weighted by molar-refractivity contribution is -0.122. The minimum absolute atomic E-state index is 0.0160. The van der Waals surface area contributed by atoms with Crippen LogP contribution in [0.5, 0.6) is 5.75 Å². The van der Waals surface area contributed by atoms with Gasteiger partial charge in [0.05, 0.1) is 12.7 Å². The summed E-state index contributed by atoms with van der Waals surface area (Å²) in [5, 5.41) is 0. The number of nitrogens with one attached hydrogen (secondary N) is 1. The normalized spacial score (nSPS) is 14.8. The molecule has 0 spiro atoms. The van der Waals surface area contributed by atoms with Crippen LogP contribution < -0.4 is 14.4 Å². The van der Waals surface area contributed by atoms with E-state index in [1.807, 2.05) is 38.1 Å². The van der Waals surface area contributed by atoms with Crippen molar-refractivity contribution >= 4 is 33.3 Å². The zero-order valence-corrected chi connectivity index (χ0v) is 20.5. The average Bonchev–Trinajstić information content (AvgIpc) is 3.19. The van der Waals surface area contributed by atoms with Crippen LogP contribution >= 0.6 is 0 Å². The average molecular weight is 495 g/mol. The molecule has 1 unspecified atom stereocenters. The summed E-state index contributed by atoms with van der Waals surface area (Å²) >= 11 is 0. The molecule has 3 aromatic rings. The number of methoxy groups -OCH3 is 1. The molecular weight excluding hydrogens is 468 g/mol. The van der Waals surface area contributed by atoms with E-state index in [1.54, 1.807) is 29.2 Å². The van der Waals surface area contributed by atoms with Crippen LogP contribution in [0, 0.1) is 6.92 Å². The Bertz CT molecular complexity index is 1370. The summed E-state index contributed by atoms with van der Waals surface area (Å²) in [7, 11) is -2.73. The van der Waals surface area contributed by atoms with Crippen molar-refractivity contribution in [2.45, 2.75) is 31.2 Å². The summed E-state index contributed by atoms with van der Waals surface area (Å²) in [6, 6.07) is 18.3. The summed E-state index contributed by atoms with van der Waals surface area (Å²) in [5.74, 6) is -1.09. The summed E-state index contributed by atoms with van der Waals surface area (Å²) in [5.41, 5.74) is 3.21. The lowest BCUT2D eigenvalue weighted by atomic mass is 10.1. The minimum atomic E-state index is -4.07. The molecule has 1 N–H and O–H groups in total. The fraction of sp³-hybridized carbons (Fsp3) is 0.231. The van der Waals surface area contributed by atoms with E-state index in [9.17, 15) is 18.0 Å². The number of esters is 1. The van der Waals surface area contributed by atoms with Crippen molar-refractivity contribution < 1.29 is 27.5 Å². The van der Waals surface area contributed by atoms with Crippen molar-refractivity contribution in [3.63, 3.8) is 0 Å². The van der Waals surface area contributed by atoms with Crippen LogP contribution in [0.25, 0.3) is 0 Å². The number of rotatable bonds is 7. The van der Waals surface area contributed by atoms with E-state index < -0.39 is 22.6 Å². The molecule has 0 fully saturated rings. The van der Waals surface area contributed by atoms with Gasteiger partial charge in [-0.05, 0) is 62.2 Å². The monoisotopic (exact) mass is 494 g/mol. The highest BCUT2D eigenvalue weighted by Gasteiger charge is 2.31. The predicted molar refractivity (Wildman–Crippen MR) is 132 cm³/mol. The smallest absolute Gasteiger partial charge is 0.338 e. The summed E-state index contributed by atoms with van der Waals surface area (Å²) < 4.78 is 39.0. The van der Waals surface area contributed by atoms with Crippen LogP contribution in [-0.2, 0) is 26.0 Å². The number of carbonyl (C=O) groups is 2. The molecule has 8 nitrogen and oxygen atoms in total. The minimum Gasteiger partial charge on any atom is -0.495 e. The van der Waals surface area contributed by atoms with Gasteiger partial charge in [0.15, 0.2) is 6.61 Å². The van der Waals surface area contributed by atoms with E-state index in [2.05, 4.69) is 4.72 Å². The zero-order valence-electron chi connectivity index (χ0n) is 19.6. The van der Waals surface area contributed by atoms with Gasteiger partial charge in [0.1, 0.15) is 10.6 Å². The van der Waals surface area contributed by atoms with Gasteiger partial charge < -0.3 is 14.4 Å². The molecule has 1 amide bonds. The highest BCUT2D eigenvalue weighted by molar-refractivity contribution is 7.92. The highest BCUT2D eigenvalue weighted by Crippen LogP contribution is 2.32. The van der Waals surface area contributed by atoms with E-state index in [4.69, 9.17) is 9.47 Å². The maximum atomic E-state index is 13.0. The molecule has 0 aromatic heterocycles. The van der Waals surface area contributed by atoms with Crippen molar-refractivity contribution in [2.24, 2.45) is 0 Å². The summed E-state index contributed by atoms with van der Waals surface area (Å²) in [4.78, 5) is 27.0. The molecule has 35 heavy (non-hydrogen) atoms. The fourth-order valence-electron chi connectivity index (χ4n) is 4.07. The maximum absolute atomic E-state index is 13.0. The first-order valence-corrected chi connectivity index (χ1v) is 12.5. The molecule has 0 radical (unpaired) electrons. The number of aryl methyl sites for hydroxylation is 1. The number of anilines is 2. The van der Waals surface area contributed by atoms with Crippen LogP contribution in [0.1, 0.15) is 28.4 Å². The molecule has 1 atom stereocenters. The molecular formula is C26H26N2O6S. The molecule has 3 aromatic carbocycles. The summed E-state index contributed by atoms with van der Waals surface area (Å²) in [6.07, 6.45) is 0.726. The quantitative estimate of drug-likeness (QED) is 0.499. The number of sulfonamides is 1. The van der Waals surface area contributed by atoms with Gasteiger partial charge in [-0.25, -0.2) is 13.2 Å².